The topological polar surface area (TPSA) is 29.9 Å². The Balaban J connectivity index is 2.37. The zero-order valence-corrected chi connectivity index (χ0v) is 11.8. The summed E-state index contributed by atoms with van der Waals surface area (Å²) in [6, 6.07) is 0. The number of aromatic nitrogens is 2. The maximum absolute atomic E-state index is 4.33. The average molecular weight is 237 g/mol. The van der Waals surface area contributed by atoms with Gasteiger partial charge in [0.25, 0.3) is 0 Å². The molecule has 0 aliphatic heterocycles. The lowest BCUT2D eigenvalue weighted by molar-refractivity contribution is 0.325. The van der Waals surface area contributed by atoms with Gasteiger partial charge >= 0.3 is 0 Å². The molecule has 0 unspecified atom stereocenters. The van der Waals surface area contributed by atoms with Crippen LogP contribution < -0.4 is 5.32 Å². The second kappa shape index (κ2) is 6.80. The smallest absolute Gasteiger partial charge is 0.0521 e. The zero-order valence-electron chi connectivity index (χ0n) is 11.8. The van der Waals surface area contributed by atoms with E-state index in [4.69, 9.17) is 0 Å². The van der Waals surface area contributed by atoms with Gasteiger partial charge in [-0.2, -0.15) is 5.10 Å². The van der Waals surface area contributed by atoms with Crippen molar-refractivity contribution >= 4 is 0 Å². The maximum Gasteiger partial charge on any atom is 0.0521 e. The van der Waals surface area contributed by atoms with Gasteiger partial charge in [0, 0.05) is 12.7 Å². The van der Waals surface area contributed by atoms with Crippen molar-refractivity contribution < 1.29 is 0 Å². The van der Waals surface area contributed by atoms with E-state index in [0.717, 1.165) is 26.1 Å². The van der Waals surface area contributed by atoms with Gasteiger partial charge in [0.15, 0.2) is 0 Å². The van der Waals surface area contributed by atoms with Crippen molar-refractivity contribution in [3.63, 3.8) is 0 Å². The molecule has 1 rings (SSSR count). The summed E-state index contributed by atoms with van der Waals surface area (Å²) in [7, 11) is 0. The molecule has 0 aliphatic carbocycles. The van der Waals surface area contributed by atoms with Crippen molar-refractivity contribution in [3.05, 3.63) is 18.0 Å². The molecule has 1 aromatic rings. The number of aryl methyl sites for hydroxylation is 1. The molecule has 1 N–H and O–H groups in total. The predicted molar refractivity (Wildman–Crippen MR) is 73.2 cm³/mol. The lowest BCUT2D eigenvalue weighted by Gasteiger charge is -2.24. The van der Waals surface area contributed by atoms with Gasteiger partial charge in [-0.3, -0.25) is 4.68 Å². The van der Waals surface area contributed by atoms with Gasteiger partial charge in [-0.25, -0.2) is 0 Å². The third-order valence-electron chi connectivity index (χ3n) is 3.10. The quantitative estimate of drug-likeness (QED) is 0.705. The normalized spacial score (nSPS) is 12.0. The highest BCUT2D eigenvalue weighted by Crippen LogP contribution is 2.25. The fourth-order valence-electron chi connectivity index (χ4n) is 2.04. The summed E-state index contributed by atoms with van der Waals surface area (Å²) in [6.07, 6.45) is 7.71. The van der Waals surface area contributed by atoms with Gasteiger partial charge in [0.05, 0.1) is 6.20 Å². The van der Waals surface area contributed by atoms with E-state index in [1.807, 2.05) is 10.9 Å². The molecule has 17 heavy (non-hydrogen) atoms. The zero-order chi connectivity index (χ0) is 12.7. The Hall–Kier alpha value is -0.830. The molecule has 0 spiro atoms. The molecule has 0 aromatic carbocycles. The van der Waals surface area contributed by atoms with Crippen LogP contribution in [0.5, 0.6) is 0 Å². The molecule has 0 atom stereocenters. The molecule has 1 heterocycles. The van der Waals surface area contributed by atoms with Crippen LogP contribution in [0, 0.1) is 5.41 Å². The van der Waals surface area contributed by atoms with Crippen molar-refractivity contribution in [1.82, 2.24) is 15.1 Å². The van der Waals surface area contributed by atoms with E-state index in [2.05, 4.69) is 44.3 Å². The van der Waals surface area contributed by atoms with E-state index in [-0.39, 0.29) is 0 Å². The lowest BCUT2D eigenvalue weighted by atomic mass is 9.83. The highest BCUT2D eigenvalue weighted by atomic mass is 15.3. The molecule has 0 aliphatic rings. The third-order valence-corrected chi connectivity index (χ3v) is 3.10. The summed E-state index contributed by atoms with van der Waals surface area (Å²) >= 11 is 0. The summed E-state index contributed by atoms with van der Waals surface area (Å²) in [5, 5.41) is 7.80. The molecule has 3 heteroatoms. The van der Waals surface area contributed by atoms with Crippen LogP contribution in [0.25, 0.3) is 0 Å². The van der Waals surface area contributed by atoms with Crippen molar-refractivity contribution in [2.75, 3.05) is 13.1 Å². The molecule has 0 fully saturated rings. The highest BCUT2D eigenvalue weighted by Gasteiger charge is 2.18. The first kappa shape index (κ1) is 14.2. The Labute approximate surface area is 106 Å². The van der Waals surface area contributed by atoms with Gasteiger partial charge in [0.2, 0.25) is 0 Å². The number of hydrogen-bond donors (Lipinski definition) is 1. The van der Waals surface area contributed by atoms with Gasteiger partial charge in [-0.1, -0.05) is 20.8 Å². The number of nitrogens with zero attached hydrogens (tertiary/aromatic N) is 2. The third kappa shape index (κ3) is 5.35. The monoisotopic (exact) mass is 237 g/mol. The Morgan fingerprint density at radius 2 is 2.06 bits per heavy atom. The SMILES string of the molecule is CCCNCCC(C)(C)Cc1cnn(CC)c1. The minimum absolute atomic E-state index is 0.350. The second-order valence-corrected chi connectivity index (χ2v) is 5.55. The molecule has 3 nitrogen and oxygen atoms in total. The summed E-state index contributed by atoms with van der Waals surface area (Å²) in [6.45, 7) is 12.2. The van der Waals surface area contributed by atoms with Crippen LogP contribution in [0.4, 0.5) is 0 Å². The fraction of sp³-hybridized carbons (Fsp3) is 0.786. The number of nitrogens with one attached hydrogen (secondary N) is 1. The first-order valence-corrected chi connectivity index (χ1v) is 6.79. The molecular weight excluding hydrogens is 210 g/mol. The minimum Gasteiger partial charge on any atom is -0.317 e. The van der Waals surface area contributed by atoms with Crippen molar-refractivity contribution in [3.8, 4) is 0 Å². The fourth-order valence-corrected chi connectivity index (χ4v) is 2.04. The minimum atomic E-state index is 0.350. The standard InChI is InChI=1S/C14H27N3/c1-5-8-15-9-7-14(3,4)10-13-11-16-17(6-2)12-13/h11-12,15H,5-10H2,1-4H3. The van der Waals surface area contributed by atoms with Crippen LogP contribution >= 0.6 is 0 Å². The molecule has 0 saturated heterocycles. The Morgan fingerprint density at radius 3 is 2.65 bits per heavy atom. The summed E-state index contributed by atoms with van der Waals surface area (Å²) in [4.78, 5) is 0. The van der Waals surface area contributed by atoms with E-state index in [1.54, 1.807) is 0 Å². The van der Waals surface area contributed by atoms with E-state index in [0.29, 0.717) is 5.41 Å². The molecule has 1 aromatic heterocycles. The van der Waals surface area contributed by atoms with Crippen LogP contribution in [0.15, 0.2) is 12.4 Å². The van der Waals surface area contributed by atoms with Crippen molar-refractivity contribution in [1.29, 1.82) is 0 Å². The first-order valence-electron chi connectivity index (χ1n) is 6.79. The molecule has 0 radical (unpaired) electrons. The van der Waals surface area contributed by atoms with Gasteiger partial charge in [-0.15, -0.1) is 0 Å². The van der Waals surface area contributed by atoms with Crippen molar-refractivity contribution in [2.24, 2.45) is 5.41 Å². The van der Waals surface area contributed by atoms with Gasteiger partial charge in [0.1, 0.15) is 0 Å². The average Bonchev–Trinajstić information content (AvgIpc) is 2.71. The Bertz CT molecular complexity index is 315. The van der Waals surface area contributed by atoms with Gasteiger partial charge in [-0.05, 0) is 50.3 Å². The Morgan fingerprint density at radius 1 is 1.29 bits per heavy atom. The molecule has 0 bridgehead atoms. The largest absolute Gasteiger partial charge is 0.317 e. The van der Waals surface area contributed by atoms with Crippen LogP contribution in [0.1, 0.15) is 46.1 Å². The molecule has 0 amide bonds. The van der Waals surface area contributed by atoms with Crippen molar-refractivity contribution in [2.45, 2.75) is 53.5 Å². The molecule has 98 valence electrons. The lowest BCUT2D eigenvalue weighted by Crippen LogP contribution is -2.24. The second-order valence-electron chi connectivity index (χ2n) is 5.55. The van der Waals surface area contributed by atoms with Crippen LogP contribution in [-0.2, 0) is 13.0 Å². The highest BCUT2D eigenvalue weighted by molar-refractivity contribution is 5.06. The Kier molecular flexibility index (Phi) is 5.69. The molecular formula is C14H27N3. The van der Waals surface area contributed by atoms with E-state index in [1.165, 1.54) is 18.4 Å². The van der Waals surface area contributed by atoms with E-state index in [9.17, 15) is 0 Å². The maximum atomic E-state index is 4.33. The van der Waals surface area contributed by atoms with Gasteiger partial charge < -0.3 is 5.32 Å². The predicted octanol–water partition coefficient (Wildman–Crippen LogP) is 2.86. The molecule has 0 saturated carbocycles. The van der Waals surface area contributed by atoms with Crippen LogP contribution in [-0.4, -0.2) is 22.9 Å². The number of rotatable bonds is 8. The summed E-state index contributed by atoms with van der Waals surface area (Å²) in [5.41, 5.74) is 1.70. The van der Waals surface area contributed by atoms with Crippen LogP contribution in [0.3, 0.4) is 0 Å². The first-order chi connectivity index (χ1) is 8.07. The summed E-state index contributed by atoms with van der Waals surface area (Å²) in [5.74, 6) is 0. The number of hydrogen-bond acceptors (Lipinski definition) is 2. The van der Waals surface area contributed by atoms with E-state index >= 15 is 0 Å². The van der Waals surface area contributed by atoms with E-state index < -0.39 is 0 Å². The van der Waals surface area contributed by atoms with Crippen LogP contribution in [0.2, 0.25) is 0 Å². The summed E-state index contributed by atoms with van der Waals surface area (Å²) < 4.78 is 2.00.